The summed E-state index contributed by atoms with van der Waals surface area (Å²) in [5.74, 6) is 3.16. The van der Waals surface area contributed by atoms with Gasteiger partial charge in [-0.1, -0.05) is 28.1 Å². The molecule has 2 aromatic carbocycles. The summed E-state index contributed by atoms with van der Waals surface area (Å²) in [6.07, 6.45) is 1.10. The molecule has 0 aromatic heterocycles. The van der Waals surface area contributed by atoms with Gasteiger partial charge in [-0.2, -0.15) is 0 Å². The molecule has 1 aliphatic carbocycles. The lowest BCUT2D eigenvalue weighted by Crippen LogP contribution is -2.38. The molecule has 6 nitrogen and oxygen atoms in total. The van der Waals surface area contributed by atoms with Gasteiger partial charge in [0.25, 0.3) is 0 Å². The zero-order valence-corrected chi connectivity index (χ0v) is 20.9. The van der Waals surface area contributed by atoms with Gasteiger partial charge in [-0.3, -0.25) is 4.99 Å². The van der Waals surface area contributed by atoms with E-state index in [0.29, 0.717) is 35.8 Å². The van der Waals surface area contributed by atoms with Crippen LogP contribution in [0.1, 0.15) is 23.5 Å². The van der Waals surface area contributed by atoms with Crippen molar-refractivity contribution in [3.8, 4) is 17.2 Å². The Bertz CT molecular complexity index is 821. The molecule has 1 aliphatic rings. The van der Waals surface area contributed by atoms with E-state index in [1.165, 1.54) is 5.56 Å². The maximum Gasteiger partial charge on any atom is 0.203 e. The van der Waals surface area contributed by atoms with Crippen LogP contribution in [-0.2, 0) is 6.54 Å². The quantitative estimate of drug-likeness (QED) is 0.293. The maximum atomic E-state index is 5.42. The molecule has 0 bridgehead atoms. The first-order valence-corrected chi connectivity index (χ1v) is 9.90. The van der Waals surface area contributed by atoms with E-state index in [0.717, 1.165) is 22.4 Å². The van der Waals surface area contributed by atoms with Gasteiger partial charge in [0.05, 0.1) is 21.3 Å². The summed E-state index contributed by atoms with van der Waals surface area (Å²) in [7, 11) is 6.61. The van der Waals surface area contributed by atoms with Crippen LogP contribution in [0.5, 0.6) is 17.2 Å². The Balaban J connectivity index is 0.00000300. The van der Waals surface area contributed by atoms with Gasteiger partial charge in [-0.15, -0.1) is 24.0 Å². The van der Waals surface area contributed by atoms with E-state index < -0.39 is 0 Å². The van der Waals surface area contributed by atoms with Crippen LogP contribution >= 0.6 is 39.9 Å². The largest absolute Gasteiger partial charge is 0.493 e. The van der Waals surface area contributed by atoms with Gasteiger partial charge >= 0.3 is 0 Å². The second-order valence-corrected chi connectivity index (χ2v) is 7.52. The Labute approximate surface area is 197 Å². The van der Waals surface area contributed by atoms with Gasteiger partial charge in [0.1, 0.15) is 0 Å². The van der Waals surface area contributed by atoms with E-state index in [9.17, 15) is 0 Å². The number of methoxy groups -OCH3 is 3. The monoisotopic (exact) mass is 575 g/mol. The van der Waals surface area contributed by atoms with Crippen LogP contribution in [0.2, 0.25) is 0 Å². The van der Waals surface area contributed by atoms with Crippen molar-refractivity contribution in [3.63, 3.8) is 0 Å². The lowest BCUT2D eigenvalue weighted by atomic mass is 10.1. The van der Waals surface area contributed by atoms with Crippen LogP contribution in [0.3, 0.4) is 0 Å². The van der Waals surface area contributed by atoms with Crippen molar-refractivity contribution >= 4 is 45.9 Å². The number of ether oxygens (including phenoxy) is 3. The first kappa shape index (κ1) is 23.6. The summed E-state index contributed by atoms with van der Waals surface area (Å²) >= 11 is 3.48. The van der Waals surface area contributed by atoms with E-state index in [1.807, 2.05) is 12.1 Å². The van der Waals surface area contributed by atoms with Crippen molar-refractivity contribution in [3.05, 3.63) is 52.0 Å². The zero-order valence-electron chi connectivity index (χ0n) is 17.0. The predicted octanol–water partition coefficient (Wildman–Crippen LogP) is 4.31. The molecule has 0 spiro atoms. The standard InChI is InChI=1S/C21H26BrN3O3.HI/c1-23-21(25-17-11-16(17)14-5-7-15(22)8-6-14)24-12-13-9-18(26-2)20(28-4)19(10-13)27-3;/h5-10,16-17H,11-12H2,1-4H3,(H2,23,24,25);1H. The van der Waals surface area contributed by atoms with Crippen molar-refractivity contribution in [1.29, 1.82) is 0 Å². The molecule has 0 saturated heterocycles. The van der Waals surface area contributed by atoms with Crippen LogP contribution in [0.4, 0.5) is 0 Å². The fourth-order valence-corrected chi connectivity index (χ4v) is 3.49. The molecule has 0 heterocycles. The van der Waals surface area contributed by atoms with Crippen LogP contribution in [-0.4, -0.2) is 40.4 Å². The van der Waals surface area contributed by atoms with E-state index in [-0.39, 0.29) is 24.0 Å². The SMILES string of the molecule is CN=C(NCc1cc(OC)c(OC)c(OC)c1)NC1CC1c1ccc(Br)cc1.I. The van der Waals surface area contributed by atoms with Crippen LogP contribution in [0.25, 0.3) is 0 Å². The Morgan fingerprint density at radius 2 is 1.69 bits per heavy atom. The highest BCUT2D eigenvalue weighted by molar-refractivity contribution is 14.0. The smallest absolute Gasteiger partial charge is 0.203 e. The number of nitrogens with one attached hydrogen (secondary N) is 2. The van der Waals surface area contributed by atoms with Crippen molar-refractivity contribution in [2.45, 2.75) is 24.9 Å². The molecule has 158 valence electrons. The van der Waals surface area contributed by atoms with Gasteiger partial charge in [0.2, 0.25) is 5.75 Å². The minimum absolute atomic E-state index is 0. The third-order valence-corrected chi connectivity index (χ3v) is 5.35. The fraction of sp³-hybridized carbons (Fsp3) is 0.381. The highest BCUT2D eigenvalue weighted by Crippen LogP contribution is 2.41. The number of aliphatic imine (C=N–C) groups is 1. The second kappa shape index (κ2) is 10.9. The number of halogens is 2. The van der Waals surface area contributed by atoms with E-state index in [1.54, 1.807) is 28.4 Å². The molecule has 8 heteroatoms. The van der Waals surface area contributed by atoms with Crippen molar-refractivity contribution in [2.75, 3.05) is 28.4 Å². The predicted molar refractivity (Wildman–Crippen MR) is 130 cm³/mol. The molecule has 2 aromatic rings. The molecule has 2 unspecified atom stereocenters. The van der Waals surface area contributed by atoms with Crippen molar-refractivity contribution in [2.24, 2.45) is 4.99 Å². The lowest BCUT2D eigenvalue weighted by molar-refractivity contribution is 0.323. The van der Waals surface area contributed by atoms with Crippen LogP contribution in [0.15, 0.2) is 45.9 Å². The van der Waals surface area contributed by atoms with E-state index >= 15 is 0 Å². The summed E-state index contributed by atoms with van der Waals surface area (Å²) in [5, 5.41) is 6.85. The minimum Gasteiger partial charge on any atom is -0.493 e. The Hall–Kier alpha value is -1.68. The number of hydrogen-bond donors (Lipinski definition) is 2. The van der Waals surface area contributed by atoms with Gasteiger partial charge < -0.3 is 24.8 Å². The molecule has 0 radical (unpaired) electrons. The van der Waals surface area contributed by atoms with Crippen LogP contribution in [0, 0.1) is 0 Å². The van der Waals surface area contributed by atoms with Gasteiger partial charge in [0.15, 0.2) is 17.5 Å². The molecule has 3 rings (SSSR count). The summed E-state index contributed by atoms with van der Waals surface area (Å²) in [4.78, 5) is 4.34. The first-order valence-electron chi connectivity index (χ1n) is 9.11. The topological polar surface area (TPSA) is 64.1 Å². The molecule has 2 atom stereocenters. The maximum absolute atomic E-state index is 5.42. The van der Waals surface area contributed by atoms with Gasteiger partial charge in [-0.25, -0.2) is 0 Å². The second-order valence-electron chi connectivity index (χ2n) is 6.60. The third-order valence-electron chi connectivity index (χ3n) is 4.82. The van der Waals surface area contributed by atoms with Gasteiger partial charge in [0, 0.05) is 30.0 Å². The summed E-state index contributed by atoms with van der Waals surface area (Å²) in [6.45, 7) is 0.589. The average molecular weight is 576 g/mol. The molecule has 29 heavy (non-hydrogen) atoms. The Kier molecular flexibility index (Phi) is 8.88. The van der Waals surface area contributed by atoms with Gasteiger partial charge in [-0.05, 0) is 41.8 Å². The Morgan fingerprint density at radius 1 is 1.07 bits per heavy atom. The number of rotatable bonds is 7. The number of hydrogen-bond acceptors (Lipinski definition) is 4. The van der Waals surface area contributed by atoms with E-state index in [2.05, 4.69) is 55.8 Å². The highest BCUT2D eigenvalue weighted by atomic mass is 127. The first-order chi connectivity index (χ1) is 13.6. The summed E-state index contributed by atoms with van der Waals surface area (Å²) < 4.78 is 17.3. The normalized spacial score (nSPS) is 17.8. The molecule has 2 N–H and O–H groups in total. The Morgan fingerprint density at radius 3 is 2.21 bits per heavy atom. The van der Waals surface area contributed by atoms with Crippen molar-refractivity contribution in [1.82, 2.24) is 10.6 Å². The highest BCUT2D eigenvalue weighted by Gasteiger charge is 2.38. The molecule has 0 aliphatic heterocycles. The molecular formula is C21H27BrIN3O3. The minimum atomic E-state index is 0. The van der Waals surface area contributed by atoms with Crippen LogP contribution < -0.4 is 24.8 Å². The number of nitrogens with zero attached hydrogens (tertiary/aromatic N) is 1. The average Bonchev–Trinajstić information content (AvgIpc) is 3.49. The number of benzene rings is 2. The molecule has 1 fully saturated rings. The molecule has 1 saturated carbocycles. The fourth-order valence-electron chi connectivity index (χ4n) is 3.23. The zero-order chi connectivity index (χ0) is 20.1. The van der Waals surface area contributed by atoms with Crippen molar-refractivity contribution < 1.29 is 14.2 Å². The molecule has 0 amide bonds. The van der Waals surface area contributed by atoms with E-state index in [4.69, 9.17) is 14.2 Å². The summed E-state index contributed by atoms with van der Waals surface area (Å²) in [5.41, 5.74) is 2.36. The summed E-state index contributed by atoms with van der Waals surface area (Å²) in [6, 6.07) is 12.8. The molecular weight excluding hydrogens is 549 g/mol. The lowest BCUT2D eigenvalue weighted by Gasteiger charge is -2.16. The third kappa shape index (κ3) is 5.91. The number of guanidine groups is 1.